The first kappa shape index (κ1) is 13.7. The van der Waals surface area contributed by atoms with E-state index in [0.717, 1.165) is 11.1 Å². The Bertz CT molecular complexity index is 681. The molecule has 0 fully saturated rings. The number of anilines is 2. The maximum atomic E-state index is 12.1. The van der Waals surface area contributed by atoms with Crippen LogP contribution in [0, 0.1) is 13.8 Å². The molecule has 2 rings (SSSR count). The minimum absolute atomic E-state index is 0.251. The van der Waals surface area contributed by atoms with E-state index in [-0.39, 0.29) is 23.0 Å². The van der Waals surface area contributed by atoms with Gasteiger partial charge in [-0.3, -0.25) is 4.79 Å². The molecule has 104 valence electrons. The zero-order valence-corrected chi connectivity index (χ0v) is 11.3. The van der Waals surface area contributed by atoms with Crippen molar-refractivity contribution in [3.8, 4) is 11.5 Å². The second-order valence-electron chi connectivity index (χ2n) is 4.63. The van der Waals surface area contributed by atoms with Gasteiger partial charge in [-0.25, -0.2) is 0 Å². The fourth-order valence-corrected chi connectivity index (χ4v) is 1.91. The van der Waals surface area contributed by atoms with Crippen molar-refractivity contribution in [3.63, 3.8) is 0 Å². The van der Waals surface area contributed by atoms with Gasteiger partial charge in [0.2, 0.25) is 0 Å². The molecule has 0 atom stereocenters. The Morgan fingerprint density at radius 2 is 1.80 bits per heavy atom. The van der Waals surface area contributed by atoms with Crippen molar-refractivity contribution in [2.45, 2.75) is 13.8 Å². The van der Waals surface area contributed by atoms with Gasteiger partial charge in [-0.2, -0.15) is 0 Å². The highest BCUT2D eigenvalue weighted by molar-refractivity contribution is 6.05. The molecular formula is C15H16N2O3. The number of nitrogen functional groups attached to an aromatic ring is 1. The lowest BCUT2D eigenvalue weighted by molar-refractivity contribution is 0.102. The smallest absolute Gasteiger partial charge is 0.255 e. The largest absolute Gasteiger partial charge is 0.504 e. The van der Waals surface area contributed by atoms with Gasteiger partial charge in [-0.15, -0.1) is 0 Å². The van der Waals surface area contributed by atoms with Gasteiger partial charge in [0, 0.05) is 16.9 Å². The molecule has 0 aliphatic heterocycles. The number of hydrogen-bond donors (Lipinski definition) is 4. The zero-order valence-electron chi connectivity index (χ0n) is 11.3. The summed E-state index contributed by atoms with van der Waals surface area (Å²) in [5.74, 6) is -0.978. The Morgan fingerprint density at radius 3 is 2.45 bits per heavy atom. The van der Waals surface area contributed by atoms with E-state index in [1.807, 2.05) is 19.9 Å². The van der Waals surface area contributed by atoms with Crippen LogP contribution in [0.1, 0.15) is 21.5 Å². The number of aryl methyl sites for hydroxylation is 1. The molecule has 0 heterocycles. The van der Waals surface area contributed by atoms with Crippen molar-refractivity contribution in [2.24, 2.45) is 0 Å². The summed E-state index contributed by atoms with van der Waals surface area (Å²) in [6.45, 7) is 3.70. The average molecular weight is 272 g/mol. The highest BCUT2D eigenvalue weighted by atomic mass is 16.3. The number of hydrogen-bond acceptors (Lipinski definition) is 4. The topological polar surface area (TPSA) is 95.6 Å². The maximum Gasteiger partial charge on any atom is 0.255 e. The van der Waals surface area contributed by atoms with Crippen LogP contribution in [0.15, 0.2) is 30.3 Å². The average Bonchev–Trinajstić information content (AvgIpc) is 2.42. The van der Waals surface area contributed by atoms with Crippen LogP contribution < -0.4 is 11.1 Å². The number of benzene rings is 2. The summed E-state index contributed by atoms with van der Waals surface area (Å²) in [7, 11) is 0. The zero-order chi connectivity index (χ0) is 14.9. The van der Waals surface area contributed by atoms with Crippen LogP contribution in [-0.2, 0) is 0 Å². The lowest BCUT2D eigenvalue weighted by atomic mass is 10.1. The SMILES string of the molecule is Cc1ccc(N)c(C)c1NC(=O)c1ccc(O)c(O)c1. The number of rotatable bonds is 2. The predicted molar refractivity (Wildman–Crippen MR) is 78.1 cm³/mol. The predicted octanol–water partition coefficient (Wildman–Crippen LogP) is 2.55. The van der Waals surface area contributed by atoms with Gasteiger partial charge in [0.05, 0.1) is 0 Å². The van der Waals surface area contributed by atoms with Crippen LogP contribution in [0.4, 0.5) is 11.4 Å². The summed E-state index contributed by atoms with van der Waals surface area (Å²) >= 11 is 0. The van der Waals surface area contributed by atoms with E-state index in [2.05, 4.69) is 5.32 Å². The Kier molecular flexibility index (Phi) is 3.52. The third-order valence-corrected chi connectivity index (χ3v) is 3.19. The van der Waals surface area contributed by atoms with E-state index in [1.54, 1.807) is 6.07 Å². The minimum atomic E-state index is -0.378. The molecule has 0 saturated carbocycles. The fraction of sp³-hybridized carbons (Fsp3) is 0.133. The van der Waals surface area contributed by atoms with Crippen molar-refractivity contribution >= 4 is 17.3 Å². The van der Waals surface area contributed by atoms with Crippen LogP contribution in [0.5, 0.6) is 11.5 Å². The second kappa shape index (κ2) is 5.13. The molecule has 2 aromatic carbocycles. The van der Waals surface area contributed by atoms with Gasteiger partial charge >= 0.3 is 0 Å². The number of aromatic hydroxyl groups is 2. The van der Waals surface area contributed by atoms with E-state index in [0.29, 0.717) is 11.4 Å². The number of carbonyl (C=O) groups is 1. The fourth-order valence-electron chi connectivity index (χ4n) is 1.91. The van der Waals surface area contributed by atoms with Crippen LogP contribution in [-0.4, -0.2) is 16.1 Å². The molecule has 5 nitrogen and oxygen atoms in total. The van der Waals surface area contributed by atoms with Crippen molar-refractivity contribution < 1.29 is 15.0 Å². The summed E-state index contributed by atoms with van der Waals surface area (Å²) in [5, 5.41) is 21.4. The van der Waals surface area contributed by atoms with Crippen LogP contribution in [0.25, 0.3) is 0 Å². The molecule has 0 aliphatic carbocycles. The Morgan fingerprint density at radius 1 is 1.10 bits per heavy atom. The van der Waals surface area contributed by atoms with Crippen LogP contribution in [0.3, 0.4) is 0 Å². The van der Waals surface area contributed by atoms with Gasteiger partial charge in [-0.1, -0.05) is 6.07 Å². The van der Waals surface area contributed by atoms with Gasteiger partial charge < -0.3 is 21.3 Å². The summed E-state index contributed by atoms with van der Waals surface area (Å²) < 4.78 is 0. The third-order valence-electron chi connectivity index (χ3n) is 3.19. The number of amides is 1. The first-order valence-corrected chi connectivity index (χ1v) is 6.09. The highest BCUT2D eigenvalue weighted by Crippen LogP contribution is 2.28. The van der Waals surface area contributed by atoms with Crippen LogP contribution >= 0.6 is 0 Å². The van der Waals surface area contributed by atoms with E-state index in [1.165, 1.54) is 18.2 Å². The summed E-state index contributed by atoms with van der Waals surface area (Å²) in [6.07, 6.45) is 0. The Labute approximate surface area is 116 Å². The summed E-state index contributed by atoms with van der Waals surface area (Å²) in [4.78, 5) is 12.1. The molecule has 2 aromatic rings. The van der Waals surface area contributed by atoms with Crippen molar-refractivity contribution in [1.82, 2.24) is 0 Å². The van der Waals surface area contributed by atoms with Crippen LogP contribution in [0.2, 0.25) is 0 Å². The van der Waals surface area contributed by atoms with Gasteiger partial charge in [0.25, 0.3) is 5.91 Å². The molecule has 0 radical (unpaired) electrons. The molecule has 0 spiro atoms. The lowest BCUT2D eigenvalue weighted by Gasteiger charge is -2.13. The molecule has 0 aliphatic rings. The molecule has 0 unspecified atom stereocenters. The molecule has 5 N–H and O–H groups in total. The maximum absolute atomic E-state index is 12.1. The lowest BCUT2D eigenvalue weighted by Crippen LogP contribution is -2.14. The number of nitrogens with one attached hydrogen (secondary N) is 1. The second-order valence-corrected chi connectivity index (χ2v) is 4.63. The van der Waals surface area contributed by atoms with E-state index in [4.69, 9.17) is 5.73 Å². The molecule has 5 heteroatoms. The van der Waals surface area contributed by atoms with Crippen molar-refractivity contribution in [2.75, 3.05) is 11.1 Å². The van der Waals surface area contributed by atoms with E-state index in [9.17, 15) is 15.0 Å². The van der Waals surface area contributed by atoms with Crippen molar-refractivity contribution in [3.05, 3.63) is 47.0 Å². The first-order chi connectivity index (χ1) is 9.40. The van der Waals surface area contributed by atoms with E-state index >= 15 is 0 Å². The molecule has 20 heavy (non-hydrogen) atoms. The molecular weight excluding hydrogens is 256 g/mol. The summed E-state index contributed by atoms with van der Waals surface area (Å²) in [5.41, 5.74) is 9.02. The quantitative estimate of drug-likeness (QED) is 0.499. The number of phenols is 2. The molecule has 0 bridgehead atoms. The molecule has 0 aromatic heterocycles. The first-order valence-electron chi connectivity index (χ1n) is 6.09. The number of carbonyl (C=O) groups excluding carboxylic acids is 1. The van der Waals surface area contributed by atoms with Gasteiger partial charge in [0.1, 0.15) is 0 Å². The van der Waals surface area contributed by atoms with E-state index < -0.39 is 0 Å². The van der Waals surface area contributed by atoms with Gasteiger partial charge in [0.15, 0.2) is 11.5 Å². The summed E-state index contributed by atoms with van der Waals surface area (Å²) in [6, 6.07) is 7.52. The standard InChI is InChI=1S/C15H16N2O3/c1-8-3-5-11(16)9(2)14(8)17-15(20)10-4-6-12(18)13(19)7-10/h3-7,18-19H,16H2,1-2H3,(H,17,20). The number of nitrogens with two attached hydrogens (primary N) is 1. The third kappa shape index (κ3) is 2.51. The normalized spacial score (nSPS) is 10.3. The van der Waals surface area contributed by atoms with Gasteiger partial charge in [-0.05, 0) is 49.2 Å². The Balaban J connectivity index is 2.32. The monoisotopic (exact) mass is 272 g/mol. The van der Waals surface area contributed by atoms with Crippen molar-refractivity contribution in [1.29, 1.82) is 0 Å². The minimum Gasteiger partial charge on any atom is -0.504 e. The molecule has 1 amide bonds. The highest BCUT2D eigenvalue weighted by Gasteiger charge is 2.12. The Hall–Kier alpha value is -2.69. The molecule has 0 saturated heterocycles. The number of phenolic OH excluding ortho intramolecular Hbond substituents is 2.